The van der Waals surface area contributed by atoms with Crippen LogP contribution in [-0.4, -0.2) is 18.1 Å². The molecule has 0 spiro atoms. The Bertz CT molecular complexity index is 316. The number of aromatic nitrogens is 1. The molecule has 1 rings (SSSR count). The number of hydrogen-bond acceptors (Lipinski definition) is 3. The van der Waals surface area contributed by atoms with E-state index >= 15 is 0 Å². The van der Waals surface area contributed by atoms with Crippen molar-refractivity contribution in [3.63, 3.8) is 0 Å². The van der Waals surface area contributed by atoms with E-state index in [0.29, 0.717) is 0 Å². The molecule has 0 bridgehead atoms. The summed E-state index contributed by atoms with van der Waals surface area (Å²) in [5.41, 5.74) is 0.0810. The molecule has 0 radical (unpaired) electrons. The third-order valence-electron chi connectivity index (χ3n) is 1.21. The lowest BCUT2D eigenvalue weighted by Crippen LogP contribution is -2.03. The topological polar surface area (TPSA) is 39.2 Å². The van der Waals surface area contributed by atoms with Crippen molar-refractivity contribution in [3.05, 3.63) is 28.2 Å². The van der Waals surface area contributed by atoms with Crippen molar-refractivity contribution in [3.8, 4) is 0 Å². The number of halogens is 2. The molecule has 0 aliphatic rings. The Kier molecular flexibility index (Phi) is 2.75. The van der Waals surface area contributed by atoms with E-state index in [4.69, 9.17) is 0 Å². The number of esters is 1. The number of rotatable bonds is 1. The first-order valence-corrected chi connectivity index (χ1v) is 3.84. The lowest BCUT2D eigenvalue weighted by molar-refractivity contribution is 0.0598. The Morgan fingerprint density at radius 3 is 3.00 bits per heavy atom. The molecule has 64 valence electrons. The van der Waals surface area contributed by atoms with Crippen molar-refractivity contribution in [2.24, 2.45) is 0 Å². The smallest absolute Gasteiger partial charge is 0.340 e. The third-order valence-corrected chi connectivity index (χ3v) is 1.84. The van der Waals surface area contributed by atoms with E-state index in [2.05, 4.69) is 25.7 Å². The zero-order valence-corrected chi connectivity index (χ0v) is 7.76. The summed E-state index contributed by atoms with van der Waals surface area (Å²) in [6.07, 6.45) is 1.01. The van der Waals surface area contributed by atoms with Crippen molar-refractivity contribution in [2.45, 2.75) is 0 Å². The summed E-state index contributed by atoms with van der Waals surface area (Å²) in [7, 11) is 1.22. The van der Waals surface area contributed by atoms with Crippen molar-refractivity contribution in [1.82, 2.24) is 4.98 Å². The highest BCUT2D eigenvalue weighted by molar-refractivity contribution is 9.10. The van der Waals surface area contributed by atoms with E-state index < -0.39 is 11.8 Å². The first-order chi connectivity index (χ1) is 5.65. The molecule has 0 amide bonds. The van der Waals surface area contributed by atoms with Crippen molar-refractivity contribution >= 4 is 21.9 Å². The number of ether oxygens (including phenoxy) is 1. The van der Waals surface area contributed by atoms with Gasteiger partial charge in [-0.2, -0.15) is 0 Å². The minimum Gasteiger partial charge on any atom is -0.465 e. The maximum absolute atomic E-state index is 12.6. The van der Waals surface area contributed by atoms with Gasteiger partial charge in [0.2, 0.25) is 0 Å². The second kappa shape index (κ2) is 3.62. The number of methoxy groups -OCH3 is 1. The van der Waals surface area contributed by atoms with E-state index in [1.54, 1.807) is 0 Å². The number of hydrogen-bond donors (Lipinski definition) is 0. The minimum absolute atomic E-state index is 0.0810. The molecule has 0 saturated carbocycles. The van der Waals surface area contributed by atoms with Gasteiger partial charge in [-0.3, -0.25) is 0 Å². The van der Waals surface area contributed by atoms with Crippen LogP contribution < -0.4 is 0 Å². The molecule has 0 aliphatic carbocycles. The molecule has 12 heavy (non-hydrogen) atoms. The number of pyridine rings is 1. The molecular weight excluding hydrogens is 229 g/mol. The highest BCUT2D eigenvalue weighted by Gasteiger charge is 2.11. The summed E-state index contributed by atoms with van der Waals surface area (Å²) in [5, 5.41) is 0. The number of carbonyl (C=O) groups is 1. The lowest BCUT2D eigenvalue weighted by Gasteiger charge is -2.00. The summed E-state index contributed by atoms with van der Waals surface area (Å²) >= 11 is 2.99. The van der Waals surface area contributed by atoms with E-state index in [1.807, 2.05) is 0 Å². The fourth-order valence-corrected chi connectivity index (χ4v) is 1.05. The predicted molar refractivity (Wildman–Crippen MR) is 43.2 cm³/mol. The van der Waals surface area contributed by atoms with Gasteiger partial charge in [0.15, 0.2) is 0 Å². The van der Waals surface area contributed by atoms with Gasteiger partial charge in [-0.15, -0.1) is 0 Å². The predicted octanol–water partition coefficient (Wildman–Crippen LogP) is 1.77. The first-order valence-electron chi connectivity index (χ1n) is 3.04. The molecule has 1 heterocycles. The average molecular weight is 234 g/mol. The summed E-state index contributed by atoms with van der Waals surface area (Å²) in [4.78, 5) is 14.5. The van der Waals surface area contributed by atoms with Crippen LogP contribution in [-0.2, 0) is 4.74 Å². The maximum atomic E-state index is 12.6. The Labute approximate surface area is 76.7 Å². The molecule has 0 aromatic carbocycles. The van der Waals surface area contributed by atoms with Crippen molar-refractivity contribution in [1.29, 1.82) is 0 Å². The van der Waals surface area contributed by atoms with Crippen LogP contribution in [0, 0.1) is 5.82 Å². The summed E-state index contributed by atoms with van der Waals surface area (Å²) in [6, 6.07) is 1.06. The van der Waals surface area contributed by atoms with Crippen LogP contribution in [0.4, 0.5) is 4.39 Å². The van der Waals surface area contributed by atoms with Gasteiger partial charge in [-0.1, -0.05) is 0 Å². The second-order valence-electron chi connectivity index (χ2n) is 1.98. The SMILES string of the molecule is COC(=O)c1cc(F)cnc1Br. The lowest BCUT2D eigenvalue weighted by atomic mass is 10.3. The highest BCUT2D eigenvalue weighted by atomic mass is 79.9. The Balaban J connectivity index is 3.13. The van der Waals surface area contributed by atoms with Crippen molar-refractivity contribution < 1.29 is 13.9 Å². The fraction of sp³-hybridized carbons (Fsp3) is 0.143. The summed E-state index contributed by atoms with van der Waals surface area (Å²) in [6.45, 7) is 0. The highest BCUT2D eigenvalue weighted by Crippen LogP contribution is 2.14. The molecule has 1 aromatic heterocycles. The largest absolute Gasteiger partial charge is 0.465 e. The first kappa shape index (κ1) is 9.12. The van der Waals surface area contributed by atoms with Gasteiger partial charge < -0.3 is 4.74 Å². The average Bonchev–Trinajstić information content (AvgIpc) is 2.08. The fourth-order valence-electron chi connectivity index (χ4n) is 0.676. The van der Waals surface area contributed by atoms with Crippen LogP contribution in [0.5, 0.6) is 0 Å². The standard InChI is InChI=1S/C7H5BrFNO2/c1-12-7(11)5-2-4(9)3-10-6(5)8/h2-3H,1H3. The third kappa shape index (κ3) is 1.79. The zero-order chi connectivity index (χ0) is 9.14. The van der Waals surface area contributed by atoms with Crippen LogP contribution >= 0.6 is 15.9 Å². The van der Waals surface area contributed by atoms with Crippen LogP contribution in [0.25, 0.3) is 0 Å². The Morgan fingerprint density at radius 1 is 1.75 bits per heavy atom. The quantitative estimate of drug-likeness (QED) is 0.549. The van der Waals surface area contributed by atoms with E-state index in [-0.39, 0.29) is 10.2 Å². The number of nitrogens with zero attached hydrogens (tertiary/aromatic N) is 1. The van der Waals surface area contributed by atoms with Gasteiger partial charge in [-0.05, 0) is 22.0 Å². The molecule has 0 aliphatic heterocycles. The summed E-state index contributed by atoms with van der Waals surface area (Å²) < 4.78 is 17.2. The molecule has 1 aromatic rings. The Morgan fingerprint density at radius 2 is 2.42 bits per heavy atom. The molecule has 0 N–H and O–H groups in total. The van der Waals surface area contributed by atoms with E-state index in [1.165, 1.54) is 7.11 Å². The normalized spacial score (nSPS) is 9.58. The molecule has 0 saturated heterocycles. The van der Waals surface area contributed by atoms with Gasteiger partial charge in [0, 0.05) is 0 Å². The van der Waals surface area contributed by atoms with Crippen LogP contribution in [0.3, 0.4) is 0 Å². The molecule has 5 heteroatoms. The second-order valence-corrected chi connectivity index (χ2v) is 2.73. The monoisotopic (exact) mass is 233 g/mol. The molecule has 0 fully saturated rings. The van der Waals surface area contributed by atoms with Gasteiger partial charge in [0.05, 0.1) is 18.9 Å². The summed E-state index contributed by atoms with van der Waals surface area (Å²) in [5.74, 6) is -1.19. The van der Waals surface area contributed by atoms with Gasteiger partial charge in [0.1, 0.15) is 10.4 Å². The zero-order valence-electron chi connectivity index (χ0n) is 6.17. The molecule has 3 nitrogen and oxygen atoms in total. The maximum Gasteiger partial charge on any atom is 0.340 e. The van der Waals surface area contributed by atoms with Gasteiger partial charge in [-0.25, -0.2) is 14.2 Å². The molecular formula is C7H5BrFNO2. The molecule has 0 atom stereocenters. The van der Waals surface area contributed by atoms with Crippen LogP contribution in [0.2, 0.25) is 0 Å². The Hall–Kier alpha value is -0.970. The minimum atomic E-state index is -0.617. The van der Waals surface area contributed by atoms with Crippen LogP contribution in [0.1, 0.15) is 10.4 Å². The molecule has 0 unspecified atom stereocenters. The van der Waals surface area contributed by atoms with E-state index in [9.17, 15) is 9.18 Å². The number of carbonyl (C=O) groups excluding carboxylic acids is 1. The van der Waals surface area contributed by atoms with Gasteiger partial charge in [0.25, 0.3) is 0 Å². The van der Waals surface area contributed by atoms with Gasteiger partial charge >= 0.3 is 5.97 Å². The van der Waals surface area contributed by atoms with E-state index in [0.717, 1.165) is 12.3 Å². The van der Waals surface area contributed by atoms with Crippen molar-refractivity contribution in [2.75, 3.05) is 7.11 Å². The van der Waals surface area contributed by atoms with Crippen LogP contribution in [0.15, 0.2) is 16.9 Å².